The third kappa shape index (κ3) is 11.0. The van der Waals surface area contributed by atoms with Gasteiger partial charge in [-0.3, -0.25) is 0 Å². The molecule has 230 valence electrons. The van der Waals surface area contributed by atoms with E-state index in [-0.39, 0.29) is 5.04 Å². The normalized spacial score (nSPS) is 11.7. The van der Waals surface area contributed by atoms with Gasteiger partial charge in [0.05, 0.1) is 23.8 Å². The molecule has 0 radical (unpaired) electrons. The summed E-state index contributed by atoms with van der Waals surface area (Å²) in [6, 6.07) is 22.4. The van der Waals surface area contributed by atoms with Crippen LogP contribution in [0.2, 0.25) is 18.1 Å². The van der Waals surface area contributed by atoms with E-state index in [1.165, 1.54) is 44.9 Å². The molecule has 5 nitrogen and oxygen atoms in total. The highest BCUT2D eigenvalue weighted by molar-refractivity contribution is 6.74. The van der Waals surface area contributed by atoms with E-state index in [1.54, 1.807) is 24.3 Å². The Labute approximate surface area is 260 Å². The molecule has 0 saturated heterocycles. The lowest BCUT2D eigenvalue weighted by Gasteiger charge is -2.36. The molecule has 0 N–H and O–H groups in total. The third-order valence-corrected chi connectivity index (χ3v) is 12.9. The number of rotatable bonds is 16. The van der Waals surface area contributed by atoms with E-state index >= 15 is 0 Å². The molecule has 0 bridgehead atoms. The van der Waals surface area contributed by atoms with Crippen LogP contribution in [0, 0.1) is 18.3 Å². The number of carbonyl (C=O) groups excluding carboxylic acids is 1. The maximum atomic E-state index is 12.7. The van der Waals surface area contributed by atoms with Crippen molar-refractivity contribution in [2.45, 2.75) is 97.2 Å². The number of hydrogen-bond acceptors (Lipinski definition) is 5. The highest BCUT2D eigenvalue weighted by atomic mass is 28.4. The van der Waals surface area contributed by atoms with E-state index in [1.807, 2.05) is 49.4 Å². The first-order valence-electron chi connectivity index (χ1n) is 15.7. The van der Waals surface area contributed by atoms with Crippen LogP contribution in [0.3, 0.4) is 0 Å². The van der Waals surface area contributed by atoms with Gasteiger partial charge in [-0.15, -0.1) is 0 Å². The van der Waals surface area contributed by atoms with E-state index in [2.05, 4.69) is 39.9 Å². The lowest BCUT2D eigenvalue weighted by atomic mass is 10.0. The van der Waals surface area contributed by atoms with Gasteiger partial charge in [-0.25, -0.2) is 4.79 Å². The van der Waals surface area contributed by atoms with Gasteiger partial charge in [-0.05, 0) is 103 Å². The van der Waals surface area contributed by atoms with E-state index < -0.39 is 14.3 Å². The molecule has 0 aliphatic heterocycles. The van der Waals surface area contributed by atoms with Crippen molar-refractivity contribution in [2.75, 3.05) is 13.2 Å². The van der Waals surface area contributed by atoms with Crippen LogP contribution in [0.15, 0.2) is 66.7 Å². The first-order valence-corrected chi connectivity index (χ1v) is 18.6. The molecule has 0 aliphatic carbocycles. The van der Waals surface area contributed by atoms with E-state index in [9.17, 15) is 4.79 Å². The van der Waals surface area contributed by atoms with Crippen molar-refractivity contribution < 1.29 is 18.7 Å². The summed E-state index contributed by atoms with van der Waals surface area (Å²) in [6.45, 7) is 15.0. The molecule has 0 fully saturated rings. The Morgan fingerprint density at radius 2 is 1.33 bits per heavy atom. The number of ether oxygens (including phenoxy) is 2. The maximum absolute atomic E-state index is 12.7. The molecule has 3 aromatic rings. The van der Waals surface area contributed by atoms with Gasteiger partial charge in [0.1, 0.15) is 11.5 Å². The maximum Gasteiger partial charge on any atom is 0.343 e. The van der Waals surface area contributed by atoms with Gasteiger partial charge in [0.25, 0.3) is 0 Å². The smallest absolute Gasteiger partial charge is 0.343 e. The van der Waals surface area contributed by atoms with Gasteiger partial charge in [0.15, 0.2) is 8.32 Å². The first-order chi connectivity index (χ1) is 20.5. The van der Waals surface area contributed by atoms with Crippen molar-refractivity contribution in [1.29, 1.82) is 5.26 Å². The second-order valence-corrected chi connectivity index (χ2v) is 17.7. The number of esters is 1. The number of aryl methyl sites for hydroxylation is 1. The van der Waals surface area contributed by atoms with E-state index in [4.69, 9.17) is 19.2 Å². The highest BCUT2D eigenvalue weighted by Gasteiger charge is 2.36. The quantitative estimate of drug-likeness (QED) is 0.0709. The molecule has 0 aliphatic rings. The number of hydrogen-bond donors (Lipinski definition) is 0. The molecule has 0 heterocycles. The van der Waals surface area contributed by atoms with Gasteiger partial charge in [0.2, 0.25) is 0 Å². The molecule has 43 heavy (non-hydrogen) atoms. The second-order valence-electron chi connectivity index (χ2n) is 12.9. The van der Waals surface area contributed by atoms with E-state index in [0.717, 1.165) is 35.5 Å². The number of nitriles is 1. The summed E-state index contributed by atoms with van der Waals surface area (Å²) in [5, 5.41) is 9.29. The zero-order valence-electron chi connectivity index (χ0n) is 27.0. The summed E-state index contributed by atoms with van der Waals surface area (Å²) in [6.07, 6.45) is 9.72. The number of unbranched alkanes of at least 4 members (excludes halogenated alkanes) is 7. The Hall–Kier alpha value is -3.40. The van der Waals surface area contributed by atoms with Crippen LogP contribution < -0.4 is 9.47 Å². The number of carbonyl (C=O) groups is 1. The fourth-order valence-electron chi connectivity index (χ4n) is 4.53. The van der Waals surface area contributed by atoms with Crippen molar-refractivity contribution >= 4 is 14.3 Å². The van der Waals surface area contributed by atoms with Crippen molar-refractivity contribution in [1.82, 2.24) is 0 Å². The van der Waals surface area contributed by atoms with Gasteiger partial charge in [-0.1, -0.05) is 77.5 Å². The van der Waals surface area contributed by atoms with Crippen LogP contribution >= 0.6 is 0 Å². The third-order valence-electron chi connectivity index (χ3n) is 8.39. The highest BCUT2D eigenvalue weighted by Crippen LogP contribution is 2.36. The Morgan fingerprint density at radius 3 is 1.88 bits per heavy atom. The summed E-state index contributed by atoms with van der Waals surface area (Å²) in [4.78, 5) is 12.7. The van der Waals surface area contributed by atoms with E-state index in [0.29, 0.717) is 23.5 Å². The fraction of sp³-hybridized carbons (Fsp3) is 0.459. The lowest BCUT2D eigenvalue weighted by molar-refractivity contribution is 0.0733. The molecule has 0 saturated carbocycles. The topological polar surface area (TPSA) is 68.5 Å². The van der Waals surface area contributed by atoms with Gasteiger partial charge in [0, 0.05) is 6.61 Å². The Bertz CT molecular complexity index is 1340. The lowest BCUT2D eigenvalue weighted by Crippen LogP contribution is -2.40. The molecule has 0 atom stereocenters. The summed E-state index contributed by atoms with van der Waals surface area (Å²) >= 11 is 0. The summed E-state index contributed by atoms with van der Waals surface area (Å²) < 4.78 is 17.8. The largest absolute Gasteiger partial charge is 0.494 e. The Kier molecular flexibility index (Phi) is 13.0. The molecular weight excluding hydrogens is 550 g/mol. The van der Waals surface area contributed by atoms with Crippen molar-refractivity contribution in [3.05, 3.63) is 83.4 Å². The minimum Gasteiger partial charge on any atom is -0.494 e. The van der Waals surface area contributed by atoms with Crippen LogP contribution in [0.5, 0.6) is 11.5 Å². The van der Waals surface area contributed by atoms with Gasteiger partial charge in [-0.2, -0.15) is 5.26 Å². The molecule has 3 aromatic carbocycles. The zero-order chi connectivity index (χ0) is 31.3. The summed E-state index contributed by atoms with van der Waals surface area (Å²) in [5.74, 6) is 0.890. The van der Waals surface area contributed by atoms with Crippen molar-refractivity contribution in [3.63, 3.8) is 0 Å². The summed E-state index contributed by atoms with van der Waals surface area (Å²) in [7, 11) is -1.60. The van der Waals surface area contributed by atoms with Gasteiger partial charge < -0.3 is 13.9 Å². The molecule has 6 heteroatoms. The fourth-order valence-corrected chi connectivity index (χ4v) is 5.61. The molecule has 0 amide bonds. The minimum atomic E-state index is -1.60. The molecule has 0 unspecified atom stereocenters. The minimum absolute atomic E-state index is 0.290. The van der Waals surface area contributed by atoms with Gasteiger partial charge >= 0.3 is 5.97 Å². The van der Waals surface area contributed by atoms with Crippen LogP contribution in [0.1, 0.15) is 93.6 Å². The zero-order valence-corrected chi connectivity index (χ0v) is 28.0. The van der Waals surface area contributed by atoms with Crippen LogP contribution in [0.25, 0.3) is 11.1 Å². The predicted octanol–water partition coefficient (Wildman–Crippen LogP) is 10.3. The van der Waals surface area contributed by atoms with Crippen molar-refractivity contribution in [3.8, 4) is 28.7 Å². The molecular formula is C37H49NO4Si. The average molecular weight is 600 g/mol. The predicted molar refractivity (Wildman–Crippen MR) is 178 cm³/mol. The second kappa shape index (κ2) is 16.4. The monoisotopic (exact) mass is 599 g/mol. The SMILES string of the molecule is Cc1cc(-c2ccc(C#N)cc2)ccc1OC(=O)c1ccc(OCCCCCCCCCCO[Si](C)(C)C(C)(C)C)cc1. The number of benzene rings is 3. The molecule has 0 aromatic heterocycles. The Balaban J connectivity index is 1.29. The van der Waals surface area contributed by atoms with Crippen LogP contribution in [0.4, 0.5) is 0 Å². The summed E-state index contributed by atoms with van der Waals surface area (Å²) in [5.41, 5.74) is 3.97. The first kappa shape index (κ1) is 34.1. The Morgan fingerprint density at radius 1 is 0.767 bits per heavy atom. The van der Waals surface area contributed by atoms with Crippen LogP contribution in [-0.4, -0.2) is 27.5 Å². The van der Waals surface area contributed by atoms with Crippen molar-refractivity contribution in [2.24, 2.45) is 0 Å². The van der Waals surface area contributed by atoms with Crippen LogP contribution in [-0.2, 0) is 4.43 Å². The number of nitrogens with zero attached hydrogens (tertiary/aromatic N) is 1. The molecule has 3 rings (SSSR count). The molecule has 0 spiro atoms. The standard InChI is InChI=1S/C37H49NO4Si/c1-29-27-33(31-17-15-30(28-38)16-18-31)21-24-35(29)42-36(39)32-19-22-34(23-20-32)40-25-13-11-9-7-8-10-12-14-26-41-43(5,6)37(2,3)4/h15-24,27H,7-14,25-26H2,1-6H3. The average Bonchev–Trinajstić information content (AvgIpc) is 2.98.